The average Bonchev–Trinajstić information content (AvgIpc) is 3.13. The molecule has 3 heterocycles. The second kappa shape index (κ2) is 8.72. The standard InChI is InChI=1S/C20H20ClF3N6O/c21-14-4-1-2-5-15(14)27-19(31)29-11-8-28(9-12-29)10-13-30-17-16(6-3-7-25-17)26-18(30)20(22,23)24/h1-7H,8-13H2,(H,27,31). The van der Waals surface area contributed by atoms with Gasteiger partial charge in [-0.3, -0.25) is 4.90 Å². The van der Waals surface area contributed by atoms with Crippen LogP contribution in [-0.2, 0) is 12.7 Å². The number of anilines is 1. The van der Waals surface area contributed by atoms with Gasteiger partial charge in [-0.2, -0.15) is 13.2 Å². The minimum atomic E-state index is -4.56. The first-order chi connectivity index (χ1) is 14.8. The number of nitrogens with one attached hydrogen (secondary N) is 1. The van der Waals surface area contributed by atoms with Crippen molar-refractivity contribution >= 4 is 34.5 Å². The Bertz CT molecular complexity index is 1080. The van der Waals surface area contributed by atoms with Crippen LogP contribution >= 0.6 is 11.6 Å². The van der Waals surface area contributed by atoms with E-state index in [4.69, 9.17) is 11.6 Å². The number of carbonyl (C=O) groups excluding carboxylic acids is 1. The molecule has 0 saturated carbocycles. The number of nitrogens with zero attached hydrogens (tertiary/aromatic N) is 5. The fraction of sp³-hybridized carbons (Fsp3) is 0.350. The van der Waals surface area contributed by atoms with Gasteiger partial charge in [-0.25, -0.2) is 14.8 Å². The van der Waals surface area contributed by atoms with Gasteiger partial charge in [-0.05, 0) is 24.3 Å². The Morgan fingerprint density at radius 2 is 1.81 bits per heavy atom. The molecule has 0 unspecified atom stereocenters. The van der Waals surface area contributed by atoms with E-state index in [0.29, 0.717) is 43.4 Å². The summed E-state index contributed by atoms with van der Waals surface area (Å²) in [6, 6.07) is 9.80. The van der Waals surface area contributed by atoms with Crippen molar-refractivity contribution in [2.45, 2.75) is 12.7 Å². The van der Waals surface area contributed by atoms with E-state index in [1.165, 1.54) is 12.3 Å². The van der Waals surface area contributed by atoms with Crippen LogP contribution < -0.4 is 5.32 Å². The van der Waals surface area contributed by atoms with Crippen molar-refractivity contribution < 1.29 is 18.0 Å². The monoisotopic (exact) mass is 452 g/mol. The van der Waals surface area contributed by atoms with Crippen molar-refractivity contribution in [3.63, 3.8) is 0 Å². The smallest absolute Gasteiger partial charge is 0.322 e. The molecule has 1 N–H and O–H groups in total. The minimum absolute atomic E-state index is 0.105. The van der Waals surface area contributed by atoms with Crippen LogP contribution in [0.2, 0.25) is 5.02 Å². The number of aromatic nitrogens is 3. The lowest BCUT2D eigenvalue weighted by Crippen LogP contribution is -2.50. The van der Waals surface area contributed by atoms with Gasteiger partial charge in [0.1, 0.15) is 5.52 Å². The number of hydrogen-bond acceptors (Lipinski definition) is 4. The Balaban J connectivity index is 1.36. The molecule has 0 bridgehead atoms. The molecule has 11 heteroatoms. The van der Waals surface area contributed by atoms with E-state index in [0.717, 1.165) is 4.57 Å². The van der Waals surface area contributed by atoms with E-state index in [1.54, 1.807) is 35.2 Å². The zero-order valence-corrected chi connectivity index (χ0v) is 17.2. The lowest BCUT2D eigenvalue weighted by molar-refractivity contribution is -0.147. The molecule has 1 fully saturated rings. The Morgan fingerprint density at radius 1 is 1.06 bits per heavy atom. The summed E-state index contributed by atoms with van der Waals surface area (Å²) < 4.78 is 41.4. The Kier molecular flexibility index (Phi) is 6.01. The van der Waals surface area contributed by atoms with Crippen LogP contribution in [0.3, 0.4) is 0 Å². The number of carbonyl (C=O) groups is 1. The van der Waals surface area contributed by atoms with Gasteiger partial charge >= 0.3 is 12.2 Å². The molecule has 1 aliphatic rings. The molecule has 1 saturated heterocycles. The Hall–Kier alpha value is -2.85. The van der Waals surface area contributed by atoms with Crippen LogP contribution in [0.15, 0.2) is 42.6 Å². The maximum absolute atomic E-state index is 13.4. The van der Waals surface area contributed by atoms with Crippen LogP contribution in [0.5, 0.6) is 0 Å². The number of amides is 2. The van der Waals surface area contributed by atoms with Gasteiger partial charge in [0.05, 0.1) is 10.7 Å². The van der Waals surface area contributed by atoms with Gasteiger partial charge in [0.15, 0.2) is 5.65 Å². The van der Waals surface area contributed by atoms with Crippen LogP contribution in [0, 0.1) is 0 Å². The summed E-state index contributed by atoms with van der Waals surface area (Å²) in [7, 11) is 0. The highest BCUT2D eigenvalue weighted by molar-refractivity contribution is 6.33. The second-order valence-electron chi connectivity index (χ2n) is 7.17. The largest absolute Gasteiger partial charge is 0.449 e. The van der Waals surface area contributed by atoms with Crippen molar-refractivity contribution in [1.82, 2.24) is 24.3 Å². The van der Waals surface area contributed by atoms with E-state index in [-0.39, 0.29) is 23.7 Å². The summed E-state index contributed by atoms with van der Waals surface area (Å²) in [6.45, 7) is 2.53. The summed E-state index contributed by atoms with van der Waals surface area (Å²) in [4.78, 5) is 23.9. The summed E-state index contributed by atoms with van der Waals surface area (Å²) >= 11 is 6.07. The van der Waals surface area contributed by atoms with Crippen molar-refractivity contribution in [2.75, 3.05) is 38.0 Å². The highest BCUT2D eigenvalue weighted by Gasteiger charge is 2.38. The molecule has 2 aromatic heterocycles. The molecule has 0 aliphatic carbocycles. The number of alkyl halides is 3. The molecule has 164 valence electrons. The third-order valence-electron chi connectivity index (χ3n) is 5.17. The normalized spacial score (nSPS) is 15.4. The summed E-state index contributed by atoms with van der Waals surface area (Å²) in [5.41, 5.74) is 0.972. The number of urea groups is 1. The van der Waals surface area contributed by atoms with Crippen molar-refractivity contribution in [1.29, 1.82) is 0 Å². The number of fused-ring (bicyclic) bond motifs is 1. The molecule has 0 radical (unpaired) electrons. The van der Waals surface area contributed by atoms with Crippen LogP contribution in [0.4, 0.5) is 23.7 Å². The average molecular weight is 453 g/mol. The predicted molar refractivity (Wildman–Crippen MR) is 111 cm³/mol. The number of halogens is 4. The van der Waals surface area contributed by atoms with Gasteiger partial charge in [-0.15, -0.1) is 0 Å². The summed E-state index contributed by atoms with van der Waals surface area (Å²) in [6.07, 6.45) is -3.10. The molecular formula is C20H20ClF3N6O. The predicted octanol–water partition coefficient (Wildman–Crippen LogP) is 3.95. The molecular weight excluding hydrogens is 433 g/mol. The molecule has 31 heavy (non-hydrogen) atoms. The molecule has 0 spiro atoms. The lowest BCUT2D eigenvalue weighted by Gasteiger charge is -2.34. The van der Waals surface area contributed by atoms with E-state index in [2.05, 4.69) is 15.3 Å². The van der Waals surface area contributed by atoms with Crippen LogP contribution in [-0.4, -0.2) is 63.1 Å². The second-order valence-corrected chi connectivity index (χ2v) is 7.58. The lowest BCUT2D eigenvalue weighted by atomic mass is 10.3. The van der Waals surface area contributed by atoms with Gasteiger partial charge in [0, 0.05) is 45.5 Å². The Morgan fingerprint density at radius 3 is 2.52 bits per heavy atom. The minimum Gasteiger partial charge on any atom is -0.322 e. The molecule has 4 rings (SSSR count). The fourth-order valence-electron chi connectivity index (χ4n) is 3.56. The Labute approximate surface area is 181 Å². The van der Waals surface area contributed by atoms with Crippen molar-refractivity contribution in [3.8, 4) is 0 Å². The third kappa shape index (κ3) is 4.75. The first-order valence-corrected chi connectivity index (χ1v) is 10.1. The van der Waals surface area contributed by atoms with E-state index >= 15 is 0 Å². The molecule has 0 atom stereocenters. The van der Waals surface area contributed by atoms with E-state index in [9.17, 15) is 18.0 Å². The van der Waals surface area contributed by atoms with Gasteiger partial charge in [-0.1, -0.05) is 23.7 Å². The van der Waals surface area contributed by atoms with Crippen molar-refractivity contribution in [2.24, 2.45) is 0 Å². The molecule has 3 aromatic rings. The van der Waals surface area contributed by atoms with Gasteiger partial charge < -0.3 is 14.8 Å². The third-order valence-corrected chi connectivity index (χ3v) is 5.50. The number of pyridine rings is 1. The van der Waals surface area contributed by atoms with Crippen LogP contribution in [0.25, 0.3) is 11.2 Å². The SMILES string of the molecule is O=C(Nc1ccccc1Cl)N1CCN(CCn2c(C(F)(F)F)nc3cccnc32)CC1. The quantitative estimate of drug-likeness (QED) is 0.651. The number of benzene rings is 1. The zero-order valence-electron chi connectivity index (χ0n) is 16.4. The highest BCUT2D eigenvalue weighted by atomic mass is 35.5. The van der Waals surface area contributed by atoms with Crippen molar-refractivity contribution in [3.05, 3.63) is 53.4 Å². The number of rotatable bonds is 4. The fourth-order valence-corrected chi connectivity index (χ4v) is 3.74. The van der Waals surface area contributed by atoms with Gasteiger partial charge in [0.2, 0.25) is 5.82 Å². The highest BCUT2D eigenvalue weighted by Crippen LogP contribution is 2.30. The summed E-state index contributed by atoms with van der Waals surface area (Å²) in [5.74, 6) is -0.945. The molecule has 1 aliphatic heterocycles. The first kappa shape index (κ1) is 21.4. The maximum Gasteiger partial charge on any atom is 0.449 e. The van der Waals surface area contributed by atoms with E-state index in [1.807, 2.05) is 4.90 Å². The van der Waals surface area contributed by atoms with E-state index < -0.39 is 12.0 Å². The molecule has 2 amide bonds. The topological polar surface area (TPSA) is 66.3 Å². The number of piperazine rings is 1. The zero-order chi connectivity index (χ0) is 22.0. The van der Waals surface area contributed by atoms with Crippen LogP contribution in [0.1, 0.15) is 5.82 Å². The number of para-hydroxylation sites is 1. The van der Waals surface area contributed by atoms with Gasteiger partial charge in [0.25, 0.3) is 0 Å². The molecule has 7 nitrogen and oxygen atoms in total. The molecule has 1 aromatic carbocycles. The summed E-state index contributed by atoms with van der Waals surface area (Å²) in [5, 5.41) is 3.24. The number of hydrogen-bond donors (Lipinski definition) is 1. The number of imidazole rings is 1. The maximum atomic E-state index is 13.4. The first-order valence-electron chi connectivity index (χ1n) is 9.74.